The zero-order valence-electron chi connectivity index (χ0n) is 9.35. The molecule has 3 heterocycles. The molecule has 0 aliphatic heterocycles. The summed E-state index contributed by atoms with van der Waals surface area (Å²) in [7, 11) is 0. The van der Waals surface area contributed by atoms with Crippen LogP contribution in [0.15, 0.2) is 49.1 Å². The molecule has 18 heavy (non-hydrogen) atoms. The predicted molar refractivity (Wildman–Crippen MR) is 65.1 cm³/mol. The van der Waals surface area contributed by atoms with Gasteiger partial charge >= 0.3 is 0 Å². The minimum absolute atomic E-state index is 0.539. The number of pyridine rings is 1. The first-order valence-corrected chi connectivity index (χ1v) is 5.37. The van der Waals surface area contributed by atoms with E-state index < -0.39 is 0 Å². The van der Waals surface area contributed by atoms with Crippen LogP contribution in [0.2, 0.25) is 0 Å². The van der Waals surface area contributed by atoms with Crippen molar-refractivity contribution in [3.05, 3.63) is 55.4 Å². The molecular weight excluding hydrogens is 226 g/mol. The van der Waals surface area contributed by atoms with Crippen molar-refractivity contribution in [2.75, 3.05) is 0 Å². The molecule has 3 aromatic heterocycles. The molecule has 0 unspecified atom stereocenters. The molecule has 5 nitrogen and oxygen atoms in total. The van der Waals surface area contributed by atoms with Crippen LogP contribution in [-0.2, 0) is 0 Å². The molecule has 0 N–H and O–H groups in total. The summed E-state index contributed by atoms with van der Waals surface area (Å²) in [5, 5.41) is 0. The highest BCUT2D eigenvalue weighted by molar-refractivity contribution is 5.74. The average Bonchev–Trinajstić information content (AvgIpc) is 2.49. The molecule has 3 aromatic rings. The average molecular weight is 234 g/mol. The quantitative estimate of drug-likeness (QED) is 0.676. The number of nitrogens with zero attached hydrogens (tertiary/aromatic N) is 5. The van der Waals surface area contributed by atoms with Crippen LogP contribution in [0.3, 0.4) is 0 Å². The summed E-state index contributed by atoms with van der Waals surface area (Å²) in [5.41, 5.74) is 2.21. The van der Waals surface area contributed by atoms with Crippen LogP contribution < -0.4 is 0 Å². The molecule has 0 atom stereocenters. The Labute approximate surface area is 104 Å². The highest BCUT2D eigenvalue weighted by Crippen LogP contribution is 2.24. The smallest absolute Gasteiger partial charge is 0.198 e. The number of rotatable bonds is 2. The Hall–Kier alpha value is -2.69. The lowest BCUT2D eigenvalue weighted by atomic mass is 10.1. The molecular formula is C13H8N5. The maximum absolute atomic E-state index is 4.29. The third-order valence-corrected chi connectivity index (χ3v) is 2.39. The van der Waals surface area contributed by atoms with Gasteiger partial charge in [0.05, 0.1) is 5.69 Å². The lowest BCUT2D eigenvalue weighted by molar-refractivity contribution is 1.09. The molecule has 5 heteroatoms. The highest BCUT2D eigenvalue weighted by Gasteiger charge is 2.11. The number of aromatic nitrogens is 5. The van der Waals surface area contributed by atoms with Crippen LogP contribution in [0.5, 0.6) is 0 Å². The second kappa shape index (κ2) is 4.67. The fourth-order valence-electron chi connectivity index (χ4n) is 1.60. The third-order valence-electron chi connectivity index (χ3n) is 2.39. The predicted octanol–water partition coefficient (Wildman–Crippen LogP) is 1.80. The normalized spacial score (nSPS) is 10.2. The monoisotopic (exact) mass is 234 g/mol. The third kappa shape index (κ3) is 1.93. The van der Waals surface area contributed by atoms with E-state index in [1.54, 1.807) is 30.9 Å². The van der Waals surface area contributed by atoms with Gasteiger partial charge in [0.2, 0.25) is 0 Å². The largest absolute Gasteiger partial charge is 0.256 e. The summed E-state index contributed by atoms with van der Waals surface area (Å²) in [6.07, 6.45) is 9.30. The van der Waals surface area contributed by atoms with E-state index in [4.69, 9.17) is 0 Å². The SMILES string of the molecule is [c]1ncc(-c2ccccn2)c(-c2ncccn2)n1. The minimum atomic E-state index is 0.539. The van der Waals surface area contributed by atoms with Crippen LogP contribution in [0.25, 0.3) is 22.8 Å². The van der Waals surface area contributed by atoms with E-state index in [1.807, 2.05) is 18.2 Å². The Morgan fingerprint density at radius 3 is 2.50 bits per heavy atom. The van der Waals surface area contributed by atoms with Crippen molar-refractivity contribution in [3.63, 3.8) is 0 Å². The summed E-state index contributed by atoms with van der Waals surface area (Å²) in [4.78, 5) is 20.7. The summed E-state index contributed by atoms with van der Waals surface area (Å²) in [6.45, 7) is 0. The second-order valence-corrected chi connectivity index (χ2v) is 3.52. The van der Waals surface area contributed by atoms with Gasteiger partial charge in [-0.15, -0.1) is 0 Å². The van der Waals surface area contributed by atoms with E-state index in [1.165, 1.54) is 0 Å². The van der Waals surface area contributed by atoms with Crippen molar-refractivity contribution in [1.82, 2.24) is 24.9 Å². The van der Waals surface area contributed by atoms with Gasteiger partial charge in [-0.1, -0.05) is 6.07 Å². The topological polar surface area (TPSA) is 64.5 Å². The summed E-state index contributed by atoms with van der Waals surface area (Å²) < 4.78 is 0. The Bertz CT molecular complexity index is 581. The van der Waals surface area contributed by atoms with E-state index in [9.17, 15) is 0 Å². The van der Waals surface area contributed by atoms with Gasteiger partial charge in [-0.05, 0) is 18.2 Å². The van der Waals surface area contributed by atoms with Crippen LogP contribution in [0, 0.1) is 6.33 Å². The van der Waals surface area contributed by atoms with Gasteiger partial charge in [-0.3, -0.25) is 4.98 Å². The Kier molecular flexibility index (Phi) is 2.71. The Balaban J connectivity index is 2.18. The zero-order chi connectivity index (χ0) is 12.2. The van der Waals surface area contributed by atoms with Crippen molar-refractivity contribution in [2.45, 2.75) is 0 Å². The zero-order valence-corrected chi connectivity index (χ0v) is 9.35. The Morgan fingerprint density at radius 1 is 0.889 bits per heavy atom. The molecule has 0 aromatic carbocycles. The fourth-order valence-corrected chi connectivity index (χ4v) is 1.60. The van der Waals surface area contributed by atoms with Gasteiger partial charge < -0.3 is 0 Å². The summed E-state index contributed by atoms with van der Waals surface area (Å²) in [6, 6.07) is 7.42. The van der Waals surface area contributed by atoms with Crippen LogP contribution in [0.4, 0.5) is 0 Å². The second-order valence-electron chi connectivity index (χ2n) is 3.52. The Morgan fingerprint density at radius 2 is 1.72 bits per heavy atom. The van der Waals surface area contributed by atoms with Gasteiger partial charge in [-0.25, -0.2) is 19.9 Å². The molecule has 85 valence electrons. The van der Waals surface area contributed by atoms with Gasteiger partial charge in [-0.2, -0.15) is 0 Å². The van der Waals surface area contributed by atoms with Crippen LogP contribution in [0.1, 0.15) is 0 Å². The summed E-state index contributed by atoms with van der Waals surface area (Å²) in [5.74, 6) is 0.539. The van der Waals surface area contributed by atoms with Crippen molar-refractivity contribution >= 4 is 0 Å². The maximum atomic E-state index is 4.29. The van der Waals surface area contributed by atoms with Gasteiger partial charge in [0.15, 0.2) is 12.2 Å². The molecule has 0 bridgehead atoms. The van der Waals surface area contributed by atoms with E-state index in [0.29, 0.717) is 11.5 Å². The van der Waals surface area contributed by atoms with Gasteiger partial charge in [0, 0.05) is 30.4 Å². The van der Waals surface area contributed by atoms with Crippen molar-refractivity contribution in [3.8, 4) is 22.8 Å². The number of hydrogen-bond donors (Lipinski definition) is 0. The molecule has 0 saturated heterocycles. The molecule has 0 aliphatic rings. The molecule has 0 aliphatic carbocycles. The summed E-state index contributed by atoms with van der Waals surface area (Å²) >= 11 is 0. The van der Waals surface area contributed by atoms with Gasteiger partial charge in [0.25, 0.3) is 0 Å². The van der Waals surface area contributed by atoms with Gasteiger partial charge in [0.1, 0.15) is 5.69 Å². The lowest BCUT2D eigenvalue weighted by Crippen LogP contribution is -1.96. The van der Waals surface area contributed by atoms with Crippen molar-refractivity contribution < 1.29 is 0 Å². The molecule has 0 fully saturated rings. The molecule has 0 spiro atoms. The minimum Gasteiger partial charge on any atom is -0.256 e. The first-order chi connectivity index (χ1) is 8.95. The maximum Gasteiger partial charge on any atom is 0.198 e. The highest BCUT2D eigenvalue weighted by atomic mass is 14.9. The van der Waals surface area contributed by atoms with Crippen LogP contribution >= 0.6 is 0 Å². The lowest BCUT2D eigenvalue weighted by Gasteiger charge is -2.04. The van der Waals surface area contributed by atoms with E-state index in [-0.39, 0.29) is 0 Å². The van der Waals surface area contributed by atoms with Crippen LogP contribution in [-0.4, -0.2) is 24.9 Å². The van der Waals surface area contributed by atoms with E-state index in [0.717, 1.165) is 11.3 Å². The molecule has 0 amide bonds. The number of hydrogen-bond acceptors (Lipinski definition) is 5. The molecule has 3 rings (SSSR count). The fraction of sp³-hybridized carbons (Fsp3) is 0. The van der Waals surface area contributed by atoms with Crippen molar-refractivity contribution in [1.29, 1.82) is 0 Å². The standard InChI is InChI=1S/C13H8N5/c1-2-5-15-11(4-1)10-8-14-9-18-12(10)13-16-6-3-7-17-13/h1-8H. The van der Waals surface area contributed by atoms with Crippen molar-refractivity contribution in [2.24, 2.45) is 0 Å². The first-order valence-electron chi connectivity index (χ1n) is 5.37. The van der Waals surface area contributed by atoms with E-state index in [2.05, 4.69) is 31.2 Å². The molecule has 0 saturated carbocycles. The van der Waals surface area contributed by atoms with E-state index >= 15 is 0 Å². The first kappa shape index (κ1) is 10.5. The molecule has 1 radical (unpaired) electrons.